The fraction of sp³-hybridized carbons (Fsp3) is 0.667. The van der Waals surface area contributed by atoms with Crippen molar-refractivity contribution in [1.29, 1.82) is 0 Å². The Morgan fingerprint density at radius 2 is 0.929 bits per heavy atom. The summed E-state index contributed by atoms with van der Waals surface area (Å²) in [5, 5.41) is 19.1. The predicted octanol–water partition coefficient (Wildman–Crippen LogP) is 3.96. The zero-order chi connectivity index (χ0) is 11.6. The Bertz CT molecular complexity index is 218. The van der Waals surface area contributed by atoms with Gasteiger partial charge in [0, 0.05) is 0 Å². The topological polar surface area (TPSA) is 40.5 Å². The molecule has 0 aromatic rings. The highest BCUT2D eigenvalue weighted by molar-refractivity contribution is 5.21. The Morgan fingerprint density at radius 1 is 0.714 bits per heavy atom. The smallest absolute Gasteiger partial charge is 0.153 e. The fourth-order valence-corrected chi connectivity index (χ4v) is 0.968. The van der Waals surface area contributed by atoms with Gasteiger partial charge in [-0.1, -0.05) is 41.5 Å². The van der Waals surface area contributed by atoms with Crippen LogP contribution >= 0.6 is 0 Å². The van der Waals surface area contributed by atoms with Crippen molar-refractivity contribution < 1.29 is 10.2 Å². The molecule has 82 valence electrons. The fourth-order valence-electron chi connectivity index (χ4n) is 0.968. The Morgan fingerprint density at radius 3 is 1.07 bits per heavy atom. The molecular weight excluding hydrogens is 176 g/mol. The first kappa shape index (κ1) is 13.1. The molecule has 0 bridgehead atoms. The number of aliphatic hydroxyl groups is 2. The van der Waals surface area contributed by atoms with Gasteiger partial charge in [-0.25, -0.2) is 0 Å². The van der Waals surface area contributed by atoms with Gasteiger partial charge in [0.05, 0.1) is 0 Å². The second-order valence-electron chi connectivity index (χ2n) is 5.79. The minimum atomic E-state index is -0.135. The van der Waals surface area contributed by atoms with Crippen LogP contribution in [0.25, 0.3) is 0 Å². The maximum absolute atomic E-state index is 9.56. The van der Waals surface area contributed by atoms with Gasteiger partial charge in [-0.2, -0.15) is 0 Å². The van der Waals surface area contributed by atoms with Crippen LogP contribution in [-0.4, -0.2) is 10.2 Å². The van der Waals surface area contributed by atoms with Crippen molar-refractivity contribution in [3.63, 3.8) is 0 Å². The Kier molecular flexibility index (Phi) is 3.81. The van der Waals surface area contributed by atoms with Crippen molar-refractivity contribution >= 4 is 0 Å². The zero-order valence-corrected chi connectivity index (χ0v) is 10.0. The minimum Gasteiger partial charge on any atom is -0.504 e. The highest BCUT2D eigenvalue weighted by atomic mass is 16.3. The number of allylic oxidation sites excluding steroid dienone is 2. The molecule has 14 heavy (non-hydrogen) atoms. The van der Waals surface area contributed by atoms with Gasteiger partial charge in [0.1, 0.15) is 0 Å². The SMILES string of the molecule is CC(C)(C)/C=C(O)\C(O)=C/C(C)(C)C. The van der Waals surface area contributed by atoms with Crippen LogP contribution in [0.1, 0.15) is 41.5 Å². The van der Waals surface area contributed by atoms with Crippen LogP contribution < -0.4 is 0 Å². The number of rotatable bonds is 1. The Balaban J connectivity index is 4.81. The summed E-state index contributed by atoms with van der Waals surface area (Å²) in [6.07, 6.45) is 3.29. The molecule has 0 saturated heterocycles. The van der Waals surface area contributed by atoms with Crippen LogP contribution in [0, 0.1) is 10.8 Å². The molecule has 0 amide bonds. The number of hydrogen-bond acceptors (Lipinski definition) is 2. The standard InChI is InChI=1S/C12H22O2/c1-11(2,3)7-9(13)10(14)8-12(4,5)6/h7-8,13-14H,1-6H3/b9-7+,10-8+. The average Bonchev–Trinajstić information content (AvgIpc) is 1.78. The third-order valence-corrected chi connectivity index (χ3v) is 1.40. The van der Waals surface area contributed by atoms with E-state index in [1.165, 1.54) is 0 Å². The van der Waals surface area contributed by atoms with Gasteiger partial charge < -0.3 is 10.2 Å². The van der Waals surface area contributed by atoms with Crippen molar-refractivity contribution in [2.45, 2.75) is 41.5 Å². The van der Waals surface area contributed by atoms with Crippen molar-refractivity contribution in [2.24, 2.45) is 10.8 Å². The van der Waals surface area contributed by atoms with Crippen molar-refractivity contribution in [2.75, 3.05) is 0 Å². The van der Waals surface area contributed by atoms with E-state index in [1.54, 1.807) is 12.2 Å². The summed E-state index contributed by atoms with van der Waals surface area (Å²) in [4.78, 5) is 0. The summed E-state index contributed by atoms with van der Waals surface area (Å²) in [6, 6.07) is 0. The third-order valence-electron chi connectivity index (χ3n) is 1.40. The summed E-state index contributed by atoms with van der Waals surface area (Å²) >= 11 is 0. The molecule has 0 aliphatic heterocycles. The van der Waals surface area contributed by atoms with Crippen molar-refractivity contribution in [1.82, 2.24) is 0 Å². The van der Waals surface area contributed by atoms with Gasteiger partial charge in [-0.3, -0.25) is 0 Å². The molecule has 0 spiro atoms. The first-order valence-corrected chi connectivity index (χ1v) is 4.85. The average molecular weight is 198 g/mol. The Hall–Kier alpha value is -0.920. The van der Waals surface area contributed by atoms with Crippen molar-refractivity contribution in [3.8, 4) is 0 Å². The van der Waals surface area contributed by atoms with Crippen LogP contribution in [0.3, 0.4) is 0 Å². The van der Waals surface area contributed by atoms with Crippen LogP contribution in [0.4, 0.5) is 0 Å². The molecule has 0 rings (SSSR count). The summed E-state index contributed by atoms with van der Waals surface area (Å²) in [6.45, 7) is 11.8. The van der Waals surface area contributed by atoms with E-state index in [-0.39, 0.29) is 22.3 Å². The van der Waals surface area contributed by atoms with E-state index in [0.717, 1.165) is 0 Å². The molecule has 2 nitrogen and oxygen atoms in total. The van der Waals surface area contributed by atoms with Gasteiger partial charge in [0.2, 0.25) is 0 Å². The molecule has 0 heterocycles. The van der Waals surface area contributed by atoms with Gasteiger partial charge in [-0.15, -0.1) is 0 Å². The summed E-state index contributed by atoms with van der Waals surface area (Å²) in [5.74, 6) is -0.0974. The van der Waals surface area contributed by atoms with E-state index in [2.05, 4.69) is 0 Å². The van der Waals surface area contributed by atoms with Crippen LogP contribution in [0.2, 0.25) is 0 Å². The van der Waals surface area contributed by atoms with Crippen LogP contribution in [-0.2, 0) is 0 Å². The maximum atomic E-state index is 9.56. The lowest BCUT2D eigenvalue weighted by Crippen LogP contribution is -2.06. The lowest BCUT2D eigenvalue weighted by atomic mass is 9.93. The summed E-state index contributed by atoms with van der Waals surface area (Å²) < 4.78 is 0. The third kappa shape index (κ3) is 6.58. The minimum absolute atomic E-state index is 0.0487. The molecule has 0 fully saturated rings. The van der Waals surface area contributed by atoms with E-state index in [4.69, 9.17) is 0 Å². The second kappa shape index (κ2) is 4.07. The van der Waals surface area contributed by atoms with E-state index in [9.17, 15) is 10.2 Å². The first-order valence-electron chi connectivity index (χ1n) is 4.85. The lowest BCUT2D eigenvalue weighted by molar-refractivity contribution is 0.308. The van der Waals surface area contributed by atoms with E-state index < -0.39 is 0 Å². The van der Waals surface area contributed by atoms with Gasteiger partial charge in [0.25, 0.3) is 0 Å². The Labute approximate surface area is 87.0 Å². The highest BCUT2D eigenvalue weighted by Crippen LogP contribution is 2.22. The highest BCUT2D eigenvalue weighted by Gasteiger charge is 2.13. The molecule has 0 atom stereocenters. The second-order valence-corrected chi connectivity index (χ2v) is 5.79. The van der Waals surface area contributed by atoms with Crippen LogP contribution in [0.15, 0.2) is 23.7 Å². The summed E-state index contributed by atoms with van der Waals surface area (Å²) in [5.41, 5.74) is -0.270. The molecule has 0 aliphatic rings. The maximum Gasteiger partial charge on any atom is 0.153 e. The molecule has 0 aromatic heterocycles. The van der Waals surface area contributed by atoms with E-state index in [0.29, 0.717) is 0 Å². The van der Waals surface area contributed by atoms with Gasteiger partial charge in [0.15, 0.2) is 11.5 Å². The van der Waals surface area contributed by atoms with Gasteiger partial charge >= 0.3 is 0 Å². The number of hydrogen-bond donors (Lipinski definition) is 2. The molecule has 0 aliphatic carbocycles. The van der Waals surface area contributed by atoms with Gasteiger partial charge in [-0.05, 0) is 23.0 Å². The molecule has 0 saturated carbocycles. The first-order chi connectivity index (χ1) is 6.01. The predicted molar refractivity (Wildman–Crippen MR) is 60.3 cm³/mol. The molecule has 0 radical (unpaired) electrons. The molecule has 0 aromatic carbocycles. The monoisotopic (exact) mass is 198 g/mol. The lowest BCUT2D eigenvalue weighted by Gasteiger charge is -2.15. The van der Waals surface area contributed by atoms with E-state index in [1.807, 2.05) is 41.5 Å². The molecule has 2 heteroatoms. The quantitative estimate of drug-likeness (QED) is 0.494. The van der Waals surface area contributed by atoms with Crippen molar-refractivity contribution in [3.05, 3.63) is 23.7 Å². The molecular formula is C12H22O2. The number of aliphatic hydroxyl groups excluding tert-OH is 2. The molecule has 2 N–H and O–H groups in total. The normalized spacial score (nSPS) is 15.9. The molecule has 0 unspecified atom stereocenters. The zero-order valence-electron chi connectivity index (χ0n) is 10.0. The largest absolute Gasteiger partial charge is 0.504 e. The summed E-state index contributed by atoms with van der Waals surface area (Å²) in [7, 11) is 0. The van der Waals surface area contributed by atoms with E-state index >= 15 is 0 Å². The van der Waals surface area contributed by atoms with Crippen LogP contribution in [0.5, 0.6) is 0 Å².